The molecule has 1 amide bonds. The summed E-state index contributed by atoms with van der Waals surface area (Å²) in [6.07, 6.45) is 0.763. The van der Waals surface area contributed by atoms with Crippen molar-refractivity contribution in [1.29, 1.82) is 0 Å². The van der Waals surface area contributed by atoms with E-state index in [0.717, 1.165) is 13.0 Å². The molecule has 1 fully saturated rings. The number of amides is 1. The van der Waals surface area contributed by atoms with Crippen LogP contribution in [0.2, 0.25) is 0 Å². The predicted molar refractivity (Wildman–Crippen MR) is 50.1 cm³/mol. The first-order valence-corrected chi connectivity index (χ1v) is 4.26. The van der Waals surface area contributed by atoms with Crippen LogP contribution in [0.4, 0.5) is 4.79 Å². The fraction of sp³-hybridized carbons (Fsp3) is 0.875. The molecule has 2 N–H and O–H groups in total. The smallest absolute Gasteiger partial charge is 0.409 e. The van der Waals surface area contributed by atoms with Crippen LogP contribution >= 0.6 is 0 Å². The SMILES string of the molecule is CC.CN.CN1CCCOC1=O. The number of carbonyl (C=O) groups excluding carboxylic acids is 1. The Morgan fingerprint density at radius 3 is 2.17 bits per heavy atom. The molecule has 1 heterocycles. The molecule has 0 atom stereocenters. The lowest BCUT2D eigenvalue weighted by Gasteiger charge is -2.21. The summed E-state index contributed by atoms with van der Waals surface area (Å²) in [4.78, 5) is 12.1. The average Bonchev–Trinajstić information content (AvgIpc) is 2.17. The molecule has 1 saturated heterocycles. The van der Waals surface area contributed by atoms with Crippen molar-refractivity contribution in [2.24, 2.45) is 5.73 Å². The second kappa shape index (κ2) is 10.2. The molecule has 0 saturated carbocycles. The van der Waals surface area contributed by atoms with Gasteiger partial charge in [-0.3, -0.25) is 0 Å². The molecular formula is C8H20N2O2. The molecule has 0 unspecified atom stereocenters. The van der Waals surface area contributed by atoms with E-state index >= 15 is 0 Å². The molecular weight excluding hydrogens is 156 g/mol. The van der Waals surface area contributed by atoms with Gasteiger partial charge < -0.3 is 15.4 Å². The largest absolute Gasteiger partial charge is 0.449 e. The Morgan fingerprint density at radius 2 is 1.92 bits per heavy atom. The zero-order valence-corrected chi connectivity index (χ0v) is 8.46. The van der Waals surface area contributed by atoms with Crippen molar-refractivity contribution in [1.82, 2.24) is 4.90 Å². The number of hydrogen-bond acceptors (Lipinski definition) is 3. The molecule has 74 valence electrons. The van der Waals surface area contributed by atoms with Crippen molar-refractivity contribution in [3.05, 3.63) is 0 Å². The fourth-order valence-electron chi connectivity index (χ4n) is 0.663. The van der Waals surface area contributed by atoms with Gasteiger partial charge in [0.15, 0.2) is 0 Å². The van der Waals surface area contributed by atoms with E-state index in [2.05, 4.69) is 10.5 Å². The number of cyclic esters (lactones) is 1. The molecule has 0 radical (unpaired) electrons. The Kier molecular flexibility index (Phi) is 11.8. The molecule has 0 aromatic rings. The van der Waals surface area contributed by atoms with Gasteiger partial charge in [0.2, 0.25) is 0 Å². The van der Waals surface area contributed by atoms with Gasteiger partial charge in [-0.15, -0.1) is 0 Å². The van der Waals surface area contributed by atoms with Gasteiger partial charge >= 0.3 is 6.09 Å². The third-order valence-electron chi connectivity index (χ3n) is 1.18. The molecule has 0 aromatic carbocycles. The Hall–Kier alpha value is -0.770. The van der Waals surface area contributed by atoms with E-state index in [-0.39, 0.29) is 6.09 Å². The van der Waals surface area contributed by atoms with Crippen LogP contribution in [-0.2, 0) is 4.74 Å². The van der Waals surface area contributed by atoms with Gasteiger partial charge in [-0.25, -0.2) is 4.79 Å². The predicted octanol–water partition coefficient (Wildman–Crippen LogP) is 1.06. The molecule has 1 rings (SSSR count). The first-order valence-electron chi connectivity index (χ1n) is 4.26. The van der Waals surface area contributed by atoms with Gasteiger partial charge in [0.1, 0.15) is 0 Å². The molecule has 12 heavy (non-hydrogen) atoms. The van der Waals surface area contributed by atoms with Crippen LogP contribution in [-0.4, -0.2) is 38.2 Å². The van der Waals surface area contributed by atoms with Crippen LogP contribution in [0.5, 0.6) is 0 Å². The second-order valence-corrected chi connectivity index (χ2v) is 1.89. The van der Waals surface area contributed by atoms with Crippen LogP contribution in [0.1, 0.15) is 20.3 Å². The Morgan fingerprint density at radius 1 is 1.42 bits per heavy atom. The van der Waals surface area contributed by atoms with Crippen molar-refractivity contribution in [2.75, 3.05) is 27.2 Å². The van der Waals surface area contributed by atoms with Crippen molar-refractivity contribution >= 4 is 6.09 Å². The molecule has 4 heteroatoms. The summed E-state index contributed by atoms with van der Waals surface area (Å²) >= 11 is 0. The topological polar surface area (TPSA) is 55.6 Å². The molecule has 1 aliphatic heterocycles. The van der Waals surface area contributed by atoms with E-state index in [1.807, 2.05) is 13.8 Å². The van der Waals surface area contributed by atoms with Crippen molar-refractivity contribution in [3.8, 4) is 0 Å². The summed E-state index contributed by atoms with van der Waals surface area (Å²) < 4.78 is 4.68. The van der Waals surface area contributed by atoms with Gasteiger partial charge in [0.05, 0.1) is 6.61 Å². The van der Waals surface area contributed by atoms with E-state index in [0.29, 0.717) is 6.61 Å². The lowest BCUT2D eigenvalue weighted by Crippen LogP contribution is -2.33. The minimum atomic E-state index is -0.198. The first-order chi connectivity index (χ1) is 5.80. The number of ether oxygens (including phenoxy) is 1. The monoisotopic (exact) mass is 176 g/mol. The minimum absolute atomic E-state index is 0.198. The molecule has 0 bridgehead atoms. The van der Waals surface area contributed by atoms with Crippen LogP contribution in [0, 0.1) is 0 Å². The highest BCUT2D eigenvalue weighted by atomic mass is 16.6. The highest BCUT2D eigenvalue weighted by Crippen LogP contribution is 1.99. The summed E-state index contributed by atoms with van der Waals surface area (Å²) in [7, 11) is 3.24. The standard InChI is InChI=1S/C5H9NO2.C2H6.CH5N/c1-6-3-2-4-8-5(6)7;2*1-2/h2-4H2,1H3;1-2H3;2H2,1H3. The number of hydrogen-bond donors (Lipinski definition) is 1. The average molecular weight is 176 g/mol. The van der Waals surface area contributed by atoms with Crippen LogP contribution in [0.25, 0.3) is 0 Å². The van der Waals surface area contributed by atoms with E-state index in [1.165, 1.54) is 7.05 Å². The summed E-state index contributed by atoms with van der Waals surface area (Å²) in [5.74, 6) is 0. The lowest BCUT2D eigenvalue weighted by molar-refractivity contribution is 0.0831. The number of carbonyl (C=O) groups is 1. The molecule has 4 nitrogen and oxygen atoms in total. The summed E-state index contributed by atoms with van der Waals surface area (Å²) in [5.41, 5.74) is 4.50. The quantitative estimate of drug-likeness (QED) is 0.600. The number of rotatable bonds is 0. The maximum atomic E-state index is 10.5. The van der Waals surface area contributed by atoms with Gasteiger partial charge in [0.25, 0.3) is 0 Å². The highest BCUT2D eigenvalue weighted by Gasteiger charge is 2.13. The number of nitrogens with two attached hydrogens (primary N) is 1. The maximum Gasteiger partial charge on any atom is 0.409 e. The molecule has 0 spiro atoms. The zero-order chi connectivity index (χ0) is 9.98. The third kappa shape index (κ3) is 5.97. The highest BCUT2D eigenvalue weighted by molar-refractivity contribution is 5.67. The summed E-state index contributed by atoms with van der Waals surface area (Å²) in [5, 5.41) is 0. The lowest BCUT2D eigenvalue weighted by atomic mass is 10.4. The zero-order valence-electron chi connectivity index (χ0n) is 8.46. The summed E-state index contributed by atoms with van der Waals surface area (Å²) in [6.45, 7) is 5.42. The molecule has 0 aromatic heterocycles. The van der Waals surface area contributed by atoms with Gasteiger partial charge in [-0.05, 0) is 13.5 Å². The Labute approximate surface area is 74.7 Å². The van der Waals surface area contributed by atoms with Crippen LogP contribution in [0.15, 0.2) is 0 Å². The van der Waals surface area contributed by atoms with Gasteiger partial charge in [-0.2, -0.15) is 0 Å². The van der Waals surface area contributed by atoms with E-state index in [4.69, 9.17) is 0 Å². The fourth-order valence-corrected chi connectivity index (χ4v) is 0.663. The van der Waals surface area contributed by atoms with Crippen molar-refractivity contribution < 1.29 is 9.53 Å². The molecule has 1 aliphatic rings. The van der Waals surface area contributed by atoms with Crippen LogP contribution in [0.3, 0.4) is 0 Å². The maximum absolute atomic E-state index is 10.5. The van der Waals surface area contributed by atoms with Gasteiger partial charge in [-0.1, -0.05) is 13.8 Å². The van der Waals surface area contributed by atoms with Crippen molar-refractivity contribution in [2.45, 2.75) is 20.3 Å². The van der Waals surface area contributed by atoms with Crippen LogP contribution < -0.4 is 5.73 Å². The Balaban J connectivity index is 0. The van der Waals surface area contributed by atoms with E-state index < -0.39 is 0 Å². The van der Waals surface area contributed by atoms with E-state index in [1.54, 1.807) is 11.9 Å². The third-order valence-corrected chi connectivity index (χ3v) is 1.18. The van der Waals surface area contributed by atoms with Crippen molar-refractivity contribution in [3.63, 3.8) is 0 Å². The Bertz CT molecular complexity index is 107. The van der Waals surface area contributed by atoms with Gasteiger partial charge in [0, 0.05) is 13.6 Å². The minimum Gasteiger partial charge on any atom is -0.449 e. The normalized spacial score (nSPS) is 14.8. The second-order valence-electron chi connectivity index (χ2n) is 1.89. The first kappa shape index (κ1) is 13.8. The van der Waals surface area contributed by atoms with E-state index in [9.17, 15) is 4.79 Å². The number of nitrogens with zero attached hydrogens (tertiary/aromatic N) is 1. The molecule has 0 aliphatic carbocycles. The summed E-state index contributed by atoms with van der Waals surface area (Å²) in [6, 6.07) is 0.